The summed E-state index contributed by atoms with van der Waals surface area (Å²) in [7, 11) is -1.43. The molecular formula is C20H29N3O2S2. The SMILES string of the molecule is Cc1cc(C)c(S(=O)(=O)NCC(c2ccsc2)N2CCN(C)CC2)c(C)c1. The van der Waals surface area contributed by atoms with Crippen LogP contribution in [0.15, 0.2) is 33.9 Å². The number of benzene rings is 1. The average Bonchev–Trinajstić information content (AvgIpc) is 3.09. The van der Waals surface area contributed by atoms with Gasteiger partial charge in [0.2, 0.25) is 10.0 Å². The first-order valence-corrected chi connectivity index (χ1v) is 11.7. The van der Waals surface area contributed by atoms with Crippen LogP contribution in [0.25, 0.3) is 0 Å². The molecule has 1 N–H and O–H groups in total. The van der Waals surface area contributed by atoms with Gasteiger partial charge in [0, 0.05) is 38.8 Å². The third kappa shape index (κ3) is 4.78. The van der Waals surface area contributed by atoms with Crippen molar-refractivity contribution in [2.75, 3.05) is 39.8 Å². The molecule has 2 aromatic rings. The van der Waals surface area contributed by atoms with Gasteiger partial charge in [-0.2, -0.15) is 11.3 Å². The molecule has 1 fully saturated rings. The highest BCUT2D eigenvalue weighted by atomic mass is 32.2. The number of aryl methyl sites for hydroxylation is 3. The lowest BCUT2D eigenvalue weighted by atomic mass is 10.1. The summed E-state index contributed by atoms with van der Waals surface area (Å²) < 4.78 is 29.0. The molecule has 2 heterocycles. The van der Waals surface area contributed by atoms with Crippen molar-refractivity contribution in [1.82, 2.24) is 14.5 Å². The normalized spacial score (nSPS) is 17.9. The first-order valence-electron chi connectivity index (χ1n) is 9.30. The van der Waals surface area contributed by atoms with Crippen molar-refractivity contribution in [1.29, 1.82) is 0 Å². The molecule has 3 rings (SSSR count). The minimum atomic E-state index is -3.56. The highest BCUT2D eigenvalue weighted by Crippen LogP contribution is 2.26. The van der Waals surface area contributed by atoms with Crippen molar-refractivity contribution in [2.45, 2.75) is 31.7 Å². The summed E-state index contributed by atoms with van der Waals surface area (Å²) >= 11 is 1.65. The van der Waals surface area contributed by atoms with E-state index in [1.54, 1.807) is 11.3 Å². The zero-order valence-corrected chi connectivity index (χ0v) is 18.2. The predicted molar refractivity (Wildman–Crippen MR) is 112 cm³/mol. The highest BCUT2D eigenvalue weighted by Gasteiger charge is 2.27. The van der Waals surface area contributed by atoms with Gasteiger partial charge in [0.15, 0.2) is 0 Å². The molecule has 27 heavy (non-hydrogen) atoms. The molecule has 1 saturated heterocycles. The van der Waals surface area contributed by atoms with E-state index < -0.39 is 10.0 Å². The number of nitrogens with zero attached hydrogens (tertiary/aromatic N) is 2. The molecule has 1 aromatic carbocycles. The van der Waals surface area contributed by atoms with Gasteiger partial charge in [0.05, 0.1) is 4.90 Å². The van der Waals surface area contributed by atoms with Crippen LogP contribution in [0.1, 0.15) is 28.3 Å². The Kier molecular flexibility index (Phi) is 6.38. The Morgan fingerprint density at radius 3 is 2.30 bits per heavy atom. The molecule has 1 aliphatic heterocycles. The van der Waals surface area contributed by atoms with Gasteiger partial charge in [-0.3, -0.25) is 4.90 Å². The minimum absolute atomic E-state index is 0.0609. The monoisotopic (exact) mass is 407 g/mol. The van der Waals surface area contributed by atoms with Gasteiger partial charge in [-0.25, -0.2) is 13.1 Å². The number of hydrogen-bond donors (Lipinski definition) is 1. The van der Waals surface area contributed by atoms with Crippen molar-refractivity contribution in [3.05, 3.63) is 51.2 Å². The van der Waals surface area contributed by atoms with E-state index in [-0.39, 0.29) is 6.04 Å². The quantitative estimate of drug-likeness (QED) is 0.800. The van der Waals surface area contributed by atoms with Gasteiger partial charge >= 0.3 is 0 Å². The molecule has 148 valence electrons. The molecule has 1 unspecified atom stereocenters. The van der Waals surface area contributed by atoms with E-state index in [9.17, 15) is 8.42 Å². The summed E-state index contributed by atoms with van der Waals surface area (Å²) in [5, 5.41) is 4.18. The van der Waals surface area contributed by atoms with E-state index in [0.29, 0.717) is 11.4 Å². The molecule has 0 saturated carbocycles. The Balaban J connectivity index is 1.81. The molecule has 0 radical (unpaired) electrons. The lowest BCUT2D eigenvalue weighted by Gasteiger charge is -2.38. The topological polar surface area (TPSA) is 52.7 Å². The Morgan fingerprint density at radius 2 is 1.74 bits per heavy atom. The molecule has 5 nitrogen and oxygen atoms in total. The Morgan fingerprint density at radius 1 is 1.11 bits per heavy atom. The van der Waals surface area contributed by atoms with E-state index in [2.05, 4.69) is 38.4 Å². The number of sulfonamides is 1. The molecule has 0 bridgehead atoms. The molecule has 1 aliphatic rings. The van der Waals surface area contributed by atoms with Crippen LogP contribution in [-0.4, -0.2) is 58.0 Å². The zero-order valence-electron chi connectivity index (χ0n) is 16.5. The maximum atomic E-state index is 13.1. The molecule has 0 amide bonds. The second-order valence-corrected chi connectivity index (χ2v) is 9.98. The van der Waals surface area contributed by atoms with Crippen LogP contribution in [0.3, 0.4) is 0 Å². The number of rotatable bonds is 6. The number of nitrogens with one attached hydrogen (secondary N) is 1. The van der Waals surface area contributed by atoms with Crippen LogP contribution >= 0.6 is 11.3 Å². The van der Waals surface area contributed by atoms with Crippen LogP contribution in [-0.2, 0) is 10.0 Å². The fourth-order valence-corrected chi connectivity index (χ4v) is 6.10. The van der Waals surface area contributed by atoms with Crippen molar-refractivity contribution in [3.8, 4) is 0 Å². The number of piperazine rings is 1. The van der Waals surface area contributed by atoms with E-state index in [1.165, 1.54) is 5.56 Å². The molecule has 0 aliphatic carbocycles. The van der Waals surface area contributed by atoms with Crippen LogP contribution in [0.2, 0.25) is 0 Å². The fourth-order valence-electron chi connectivity index (χ4n) is 3.91. The Bertz CT molecular complexity index is 848. The summed E-state index contributed by atoms with van der Waals surface area (Å²) in [5.74, 6) is 0. The highest BCUT2D eigenvalue weighted by molar-refractivity contribution is 7.89. The molecular weight excluding hydrogens is 378 g/mol. The Hall–Kier alpha value is -1.25. The summed E-state index contributed by atoms with van der Waals surface area (Å²) in [6.45, 7) is 10.0. The van der Waals surface area contributed by atoms with Gasteiger partial charge in [0.1, 0.15) is 0 Å². The van der Waals surface area contributed by atoms with Crippen LogP contribution in [0.5, 0.6) is 0 Å². The van der Waals surface area contributed by atoms with E-state index in [4.69, 9.17) is 0 Å². The molecule has 1 atom stereocenters. The molecule has 7 heteroatoms. The molecule has 0 spiro atoms. The van der Waals surface area contributed by atoms with E-state index in [0.717, 1.165) is 42.9 Å². The summed E-state index contributed by atoms with van der Waals surface area (Å²) in [6.07, 6.45) is 0. The molecule has 1 aromatic heterocycles. The lowest BCUT2D eigenvalue weighted by molar-refractivity contribution is 0.113. The van der Waals surface area contributed by atoms with E-state index >= 15 is 0 Å². The Labute approximate surface area is 167 Å². The van der Waals surface area contributed by atoms with Gasteiger partial charge in [-0.1, -0.05) is 17.7 Å². The summed E-state index contributed by atoms with van der Waals surface area (Å²) in [4.78, 5) is 5.11. The van der Waals surface area contributed by atoms with E-state index in [1.807, 2.05) is 32.9 Å². The third-order valence-corrected chi connectivity index (χ3v) is 7.68. The predicted octanol–water partition coefficient (Wildman–Crippen LogP) is 2.94. The smallest absolute Gasteiger partial charge is 0.241 e. The maximum absolute atomic E-state index is 13.1. The van der Waals surface area contributed by atoms with Gasteiger partial charge in [-0.15, -0.1) is 0 Å². The van der Waals surface area contributed by atoms with Crippen molar-refractivity contribution in [2.24, 2.45) is 0 Å². The van der Waals surface area contributed by atoms with Crippen LogP contribution in [0, 0.1) is 20.8 Å². The lowest BCUT2D eigenvalue weighted by Crippen LogP contribution is -2.48. The summed E-state index contributed by atoms with van der Waals surface area (Å²) in [6, 6.07) is 6.02. The third-order valence-electron chi connectivity index (χ3n) is 5.25. The van der Waals surface area contributed by atoms with Crippen molar-refractivity contribution < 1.29 is 8.42 Å². The summed E-state index contributed by atoms with van der Waals surface area (Å²) in [5.41, 5.74) is 3.86. The first-order chi connectivity index (χ1) is 12.8. The largest absolute Gasteiger partial charge is 0.304 e. The zero-order chi connectivity index (χ0) is 19.6. The first kappa shape index (κ1) is 20.5. The maximum Gasteiger partial charge on any atom is 0.241 e. The fraction of sp³-hybridized carbons (Fsp3) is 0.500. The minimum Gasteiger partial charge on any atom is -0.304 e. The van der Waals surface area contributed by atoms with Crippen LogP contribution in [0.4, 0.5) is 0 Å². The second-order valence-electron chi connectivity index (χ2n) is 7.49. The van der Waals surface area contributed by atoms with Gasteiger partial charge in [0.25, 0.3) is 0 Å². The average molecular weight is 408 g/mol. The number of likely N-dealkylation sites (N-methyl/N-ethyl adjacent to an activating group) is 1. The van der Waals surface area contributed by atoms with Gasteiger partial charge < -0.3 is 4.90 Å². The van der Waals surface area contributed by atoms with Crippen molar-refractivity contribution in [3.63, 3.8) is 0 Å². The standard InChI is InChI=1S/C20H29N3O2S2/c1-15-11-16(2)20(17(3)12-15)27(24,25)21-13-19(18-5-10-26-14-18)23-8-6-22(4)7-9-23/h5,10-12,14,19,21H,6-9,13H2,1-4H3. The van der Waals surface area contributed by atoms with Crippen molar-refractivity contribution >= 4 is 21.4 Å². The second kappa shape index (κ2) is 8.41. The van der Waals surface area contributed by atoms with Crippen LogP contribution < -0.4 is 4.72 Å². The number of thiophene rings is 1. The van der Waals surface area contributed by atoms with Gasteiger partial charge in [-0.05, 0) is 61.3 Å². The number of hydrogen-bond acceptors (Lipinski definition) is 5.